The molecule has 0 radical (unpaired) electrons. The number of hydrogen-bond donors (Lipinski definition) is 4. The molecule has 4 N–H and O–H groups in total. The van der Waals surface area contributed by atoms with E-state index in [-0.39, 0.29) is 16.1 Å². The third kappa shape index (κ3) is 2.53. The molecule has 0 aliphatic heterocycles. The second kappa shape index (κ2) is 5.53. The predicted molar refractivity (Wildman–Crippen MR) is 73.2 cm³/mol. The molecule has 9 nitrogen and oxygen atoms in total. The number of aliphatic carboxylic acids is 1. The van der Waals surface area contributed by atoms with Crippen LogP contribution in [-0.2, 0) is 11.8 Å². The Bertz CT molecular complexity index is 860. The van der Waals surface area contributed by atoms with E-state index in [9.17, 15) is 24.7 Å². The van der Waals surface area contributed by atoms with Gasteiger partial charge in [0, 0.05) is 17.8 Å². The van der Waals surface area contributed by atoms with Gasteiger partial charge in [0.05, 0.1) is 5.39 Å². The number of carbonyl (C=O) groups excluding carboxylic acids is 1. The van der Waals surface area contributed by atoms with Gasteiger partial charge in [0.15, 0.2) is 0 Å². The highest BCUT2D eigenvalue weighted by atomic mass is 35.5. The van der Waals surface area contributed by atoms with E-state index in [4.69, 9.17) is 16.7 Å². The minimum Gasteiger partial charge on any atom is -0.506 e. The van der Waals surface area contributed by atoms with Crippen molar-refractivity contribution in [1.29, 1.82) is 0 Å². The van der Waals surface area contributed by atoms with Crippen molar-refractivity contribution in [3.05, 3.63) is 33.3 Å². The molecule has 2 aromatic rings. The zero-order valence-electron chi connectivity index (χ0n) is 11.2. The number of carboxylic acids is 1. The van der Waals surface area contributed by atoms with Gasteiger partial charge in [-0.15, -0.1) is 0 Å². The van der Waals surface area contributed by atoms with Crippen molar-refractivity contribution < 1.29 is 29.7 Å². The van der Waals surface area contributed by atoms with E-state index in [1.807, 2.05) is 5.32 Å². The summed E-state index contributed by atoms with van der Waals surface area (Å²) in [6.45, 7) is -0.703. The molecule has 0 spiro atoms. The summed E-state index contributed by atoms with van der Waals surface area (Å²) in [5.74, 6) is -2.97. The van der Waals surface area contributed by atoms with Crippen molar-refractivity contribution in [3.63, 3.8) is 0 Å². The van der Waals surface area contributed by atoms with E-state index < -0.39 is 35.3 Å². The molecule has 0 saturated heterocycles. The lowest BCUT2D eigenvalue weighted by Crippen LogP contribution is -2.36. The number of amides is 1. The molecule has 10 heteroatoms. The summed E-state index contributed by atoms with van der Waals surface area (Å²) in [5.41, 5.74) is -1.33. The molecule has 0 saturated carbocycles. The Morgan fingerprint density at radius 1 is 1.45 bits per heavy atom. The second-order valence-corrected chi connectivity index (χ2v) is 4.79. The maximum atomic E-state index is 12.2. The van der Waals surface area contributed by atoms with Crippen LogP contribution in [0.25, 0.3) is 10.9 Å². The van der Waals surface area contributed by atoms with Gasteiger partial charge in [0.1, 0.15) is 23.4 Å². The highest BCUT2D eigenvalue weighted by Crippen LogP contribution is 2.26. The normalized spacial score (nSPS) is 10.6. The first-order chi connectivity index (χ1) is 10.2. The highest BCUT2D eigenvalue weighted by Gasteiger charge is 2.24. The molecule has 0 fully saturated rings. The third-order valence-electron chi connectivity index (χ3n) is 3.00. The van der Waals surface area contributed by atoms with Gasteiger partial charge in [-0.25, -0.2) is 0 Å². The summed E-state index contributed by atoms with van der Waals surface area (Å²) >= 11 is 5.72. The smallest absolute Gasteiger partial charge is 0.325 e. The number of aryl methyl sites for hydroxylation is 1. The Balaban J connectivity index is 2.71. The fourth-order valence-electron chi connectivity index (χ4n) is 1.93. The van der Waals surface area contributed by atoms with Crippen LogP contribution in [-0.4, -0.2) is 38.4 Å². The lowest BCUT2D eigenvalue weighted by atomic mass is 10.1. The maximum absolute atomic E-state index is 12.2. The zero-order chi connectivity index (χ0) is 16.6. The molecule has 0 aliphatic rings. The number of fused-ring (bicyclic) bond motifs is 1. The highest BCUT2D eigenvalue weighted by molar-refractivity contribution is 6.29. The van der Waals surface area contributed by atoms with Gasteiger partial charge in [-0.3, -0.25) is 19.6 Å². The van der Waals surface area contributed by atoms with Crippen LogP contribution >= 0.6 is 11.6 Å². The Morgan fingerprint density at radius 3 is 2.68 bits per heavy atom. The summed E-state index contributed by atoms with van der Waals surface area (Å²) in [6, 6.07) is 1.17. The Hall–Kier alpha value is -2.81. The van der Waals surface area contributed by atoms with Crippen molar-refractivity contribution in [2.75, 3.05) is 6.54 Å². The first-order valence-corrected chi connectivity index (χ1v) is 6.28. The molecule has 116 valence electrons. The number of rotatable bonds is 3. The molecule has 0 atom stereocenters. The minimum absolute atomic E-state index is 0.0536. The maximum Gasteiger partial charge on any atom is 0.325 e. The van der Waals surface area contributed by atoms with Crippen LogP contribution in [0.5, 0.6) is 5.75 Å². The summed E-state index contributed by atoms with van der Waals surface area (Å²) in [7, 11) is 1.33. The molecule has 0 aliphatic carbocycles. The quantitative estimate of drug-likeness (QED) is 0.332. The van der Waals surface area contributed by atoms with Crippen molar-refractivity contribution in [1.82, 2.24) is 9.88 Å². The van der Waals surface area contributed by atoms with Gasteiger partial charge < -0.3 is 20.1 Å². The minimum atomic E-state index is -1.30. The van der Waals surface area contributed by atoms with Crippen molar-refractivity contribution >= 4 is 34.4 Å². The number of nitrogens with zero attached hydrogens (tertiary/aromatic N) is 2. The molecular formula is C12H11ClN3O6+. The Kier molecular flexibility index (Phi) is 3.91. The SMILES string of the molecule is Cn1c(=O)c(C(=O)NCC(=O)O)c(O)c2cc(Cl)[n+](O)cc21. The summed E-state index contributed by atoms with van der Waals surface area (Å²) in [5, 5.41) is 30.1. The standard InChI is InChI=1S/C12H10ClN3O6/c1-15-6-4-16(22)7(13)2-5(6)10(19)9(12(15)21)11(20)14-3-8(17)18/h2,4H,3H2,1H3,(H3-,14,17,18,19,20,21,22)/p+1. The first-order valence-electron chi connectivity index (χ1n) is 5.90. The van der Waals surface area contributed by atoms with Gasteiger partial charge in [-0.2, -0.15) is 0 Å². The molecule has 0 aromatic carbocycles. The van der Waals surface area contributed by atoms with Gasteiger partial charge in [-0.05, 0) is 11.6 Å². The molecule has 0 bridgehead atoms. The number of hydrogen-bond acceptors (Lipinski definition) is 5. The molecule has 0 unspecified atom stereocenters. The van der Waals surface area contributed by atoms with E-state index in [0.717, 1.165) is 10.8 Å². The van der Waals surface area contributed by atoms with Gasteiger partial charge in [-0.1, -0.05) is 0 Å². The largest absolute Gasteiger partial charge is 0.506 e. The molecule has 2 aromatic heterocycles. The average molecular weight is 329 g/mol. The van der Waals surface area contributed by atoms with E-state index in [1.54, 1.807) is 0 Å². The third-order valence-corrected chi connectivity index (χ3v) is 3.28. The van der Waals surface area contributed by atoms with E-state index >= 15 is 0 Å². The fourth-order valence-corrected chi connectivity index (χ4v) is 2.08. The molecule has 1 amide bonds. The number of pyridine rings is 2. The number of carboxylic acid groups (broad SMARTS) is 1. The van der Waals surface area contributed by atoms with Crippen LogP contribution in [0.15, 0.2) is 17.1 Å². The Labute approximate surface area is 127 Å². The van der Waals surface area contributed by atoms with Crippen LogP contribution in [0.1, 0.15) is 10.4 Å². The fraction of sp³-hybridized carbons (Fsp3) is 0.167. The number of aromatic nitrogens is 2. The number of halogens is 1. The van der Waals surface area contributed by atoms with Crippen molar-refractivity contribution in [2.24, 2.45) is 7.05 Å². The summed E-state index contributed by atoms with van der Waals surface area (Å²) in [4.78, 5) is 34.5. The van der Waals surface area contributed by atoms with Gasteiger partial charge in [0.2, 0.25) is 6.20 Å². The second-order valence-electron chi connectivity index (χ2n) is 4.40. The monoisotopic (exact) mass is 328 g/mol. The summed E-state index contributed by atoms with van der Waals surface area (Å²) < 4.78 is 1.57. The molecule has 22 heavy (non-hydrogen) atoms. The van der Waals surface area contributed by atoms with E-state index in [1.165, 1.54) is 13.1 Å². The first kappa shape index (κ1) is 15.6. The van der Waals surface area contributed by atoms with E-state index in [2.05, 4.69) is 0 Å². The van der Waals surface area contributed by atoms with Crippen LogP contribution in [0.3, 0.4) is 0 Å². The van der Waals surface area contributed by atoms with Crippen molar-refractivity contribution in [2.45, 2.75) is 0 Å². The molecular weight excluding hydrogens is 318 g/mol. The van der Waals surface area contributed by atoms with Crippen LogP contribution in [0, 0.1) is 0 Å². The van der Waals surface area contributed by atoms with Crippen LogP contribution < -0.4 is 15.6 Å². The predicted octanol–water partition coefficient (Wildman–Crippen LogP) is -0.763. The molecule has 2 heterocycles. The van der Waals surface area contributed by atoms with Crippen LogP contribution in [0.2, 0.25) is 5.15 Å². The topological polar surface area (TPSA) is 133 Å². The number of aromatic hydroxyl groups is 1. The van der Waals surface area contributed by atoms with E-state index in [0.29, 0.717) is 4.73 Å². The molecule has 2 rings (SSSR count). The lowest BCUT2D eigenvalue weighted by Gasteiger charge is -2.10. The Morgan fingerprint density at radius 2 is 2.09 bits per heavy atom. The van der Waals surface area contributed by atoms with Gasteiger partial charge in [0.25, 0.3) is 11.5 Å². The van der Waals surface area contributed by atoms with Crippen molar-refractivity contribution in [3.8, 4) is 5.75 Å². The number of carbonyl (C=O) groups is 2. The van der Waals surface area contributed by atoms with Crippen LogP contribution in [0.4, 0.5) is 0 Å². The summed E-state index contributed by atoms with van der Waals surface area (Å²) in [6.07, 6.45) is 1.09. The zero-order valence-corrected chi connectivity index (χ0v) is 12.0. The average Bonchev–Trinajstić information content (AvgIpc) is 2.45. The van der Waals surface area contributed by atoms with Gasteiger partial charge >= 0.3 is 11.1 Å². The lowest BCUT2D eigenvalue weighted by molar-refractivity contribution is -0.902. The number of nitrogens with one attached hydrogen (secondary N) is 1.